The first-order valence-electron chi connectivity index (χ1n) is 7.63. The zero-order valence-electron chi connectivity index (χ0n) is 12.2. The van der Waals surface area contributed by atoms with Crippen LogP contribution in [0.1, 0.15) is 49.7 Å². The molecular formula is C17H27NO. The Kier molecular flexibility index (Phi) is 5.41. The number of aliphatic hydroxyl groups excluding tert-OH is 1. The van der Waals surface area contributed by atoms with Crippen molar-refractivity contribution in [2.24, 2.45) is 5.92 Å². The predicted molar refractivity (Wildman–Crippen MR) is 80.4 cm³/mol. The summed E-state index contributed by atoms with van der Waals surface area (Å²) in [7, 11) is 0. The van der Waals surface area contributed by atoms with Crippen LogP contribution >= 0.6 is 0 Å². The van der Waals surface area contributed by atoms with E-state index in [2.05, 4.69) is 43.4 Å². The Labute approximate surface area is 117 Å². The lowest BCUT2D eigenvalue weighted by Gasteiger charge is -2.37. The van der Waals surface area contributed by atoms with Crippen LogP contribution in [0.3, 0.4) is 0 Å². The van der Waals surface area contributed by atoms with Crippen molar-refractivity contribution in [2.45, 2.75) is 51.5 Å². The Morgan fingerprint density at radius 1 is 1.26 bits per heavy atom. The molecule has 1 aromatic carbocycles. The summed E-state index contributed by atoms with van der Waals surface area (Å²) in [6.45, 7) is 5.72. The quantitative estimate of drug-likeness (QED) is 0.790. The van der Waals surface area contributed by atoms with Crippen LogP contribution in [0.4, 0.5) is 0 Å². The van der Waals surface area contributed by atoms with E-state index in [0.29, 0.717) is 18.6 Å². The summed E-state index contributed by atoms with van der Waals surface area (Å²) < 4.78 is 0. The molecule has 19 heavy (non-hydrogen) atoms. The van der Waals surface area contributed by atoms with Crippen LogP contribution < -0.4 is 5.32 Å². The highest BCUT2D eigenvalue weighted by molar-refractivity contribution is 5.26. The zero-order chi connectivity index (χ0) is 13.7. The SMILES string of the molecule is CCC(CCO)CNC1CC(c2ccc(C)cc2)C1. The van der Waals surface area contributed by atoms with E-state index in [0.717, 1.165) is 25.3 Å². The lowest BCUT2D eigenvalue weighted by atomic mass is 9.75. The van der Waals surface area contributed by atoms with Crippen LogP contribution in [0.2, 0.25) is 0 Å². The average Bonchev–Trinajstić information content (AvgIpc) is 2.37. The summed E-state index contributed by atoms with van der Waals surface area (Å²) in [5.41, 5.74) is 2.83. The highest BCUT2D eigenvalue weighted by Gasteiger charge is 2.29. The first-order chi connectivity index (χ1) is 9.22. The number of benzene rings is 1. The molecule has 2 heteroatoms. The maximum Gasteiger partial charge on any atom is 0.0434 e. The van der Waals surface area contributed by atoms with Crippen LogP contribution in [0, 0.1) is 12.8 Å². The van der Waals surface area contributed by atoms with E-state index < -0.39 is 0 Å². The van der Waals surface area contributed by atoms with Crippen molar-refractivity contribution in [1.82, 2.24) is 5.32 Å². The summed E-state index contributed by atoms with van der Waals surface area (Å²) in [6, 6.07) is 9.65. The van der Waals surface area contributed by atoms with Gasteiger partial charge in [0.25, 0.3) is 0 Å². The fraction of sp³-hybridized carbons (Fsp3) is 0.647. The number of aryl methyl sites for hydroxylation is 1. The molecule has 0 bridgehead atoms. The molecule has 0 spiro atoms. The van der Waals surface area contributed by atoms with E-state index in [4.69, 9.17) is 5.11 Å². The molecule has 106 valence electrons. The van der Waals surface area contributed by atoms with E-state index in [9.17, 15) is 0 Å². The lowest BCUT2D eigenvalue weighted by Crippen LogP contribution is -2.42. The van der Waals surface area contributed by atoms with Gasteiger partial charge in [-0.1, -0.05) is 43.2 Å². The van der Waals surface area contributed by atoms with E-state index >= 15 is 0 Å². The largest absolute Gasteiger partial charge is 0.396 e. The number of rotatable bonds is 7. The maximum atomic E-state index is 8.99. The monoisotopic (exact) mass is 261 g/mol. The summed E-state index contributed by atoms with van der Waals surface area (Å²) in [4.78, 5) is 0. The molecule has 1 saturated carbocycles. The Balaban J connectivity index is 1.70. The normalized spacial score (nSPS) is 23.9. The molecule has 0 amide bonds. The van der Waals surface area contributed by atoms with Gasteiger partial charge in [-0.2, -0.15) is 0 Å². The van der Waals surface area contributed by atoms with Gasteiger partial charge in [0.05, 0.1) is 0 Å². The minimum atomic E-state index is 0.316. The van der Waals surface area contributed by atoms with Crippen LogP contribution in [-0.4, -0.2) is 24.3 Å². The van der Waals surface area contributed by atoms with Gasteiger partial charge in [-0.25, -0.2) is 0 Å². The van der Waals surface area contributed by atoms with Gasteiger partial charge in [-0.15, -0.1) is 0 Å². The topological polar surface area (TPSA) is 32.3 Å². The fourth-order valence-electron chi connectivity index (χ4n) is 2.86. The molecule has 0 radical (unpaired) electrons. The van der Waals surface area contributed by atoms with Crippen LogP contribution in [0.5, 0.6) is 0 Å². The minimum Gasteiger partial charge on any atom is -0.396 e. The van der Waals surface area contributed by atoms with Gasteiger partial charge in [0.2, 0.25) is 0 Å². The molecule has 1 aliphatic rings. The predicted octanol–water partition coefficient (Wildman–Crippen LogP) is 3.24. The van der Waals surface area contributed by atoms with Gasteiger partial charge in [-0.05, 0) is 50.1 Å². The average molecular weight is 261 g/mol. The molecule has 1 fully saturated rings. The van der Waals surface area contributed by atoms with Crippen molar-refractivity contribution < 1.29 is 5.11 Å². The standard InChI is InChI=1S/C17H27NO/c1-3-14(8-9-19)12-18-17-10-16(11-17)15-6-4-13(2)5-7-15/h4-7,14,16-19H,3,8-12H2,1-2H3. The van der Waals surface area contributed by atoms with Gasteiger partial charge >= 0.3 is 0 Å². The second-order valence-corrected chi connectivity index (χ2v) is 5.97. The van der Waals surface area contributed by atoms with E-state index in [1.165, 1.54) is 24.0 Å². The summed E-state index contributed by atoms with van der Waals surface area (Å²) >= 11 is 0. The van der Waals surface area contributed by atoms with Crippen LogP contribution in [0.25, 0.3) is 0 Å². The second kappa shape index (κ2) is 7.06. The third-order valence-electron chi connectivity index (χ3n) is 4.50. The van der Waals surface area contributed by atoms with Gasteiger partial charge < -0.3 is 10.4 Å². The summed E-state index contributed by atoms with van der Waals surface area (Å²) in [5.74, 6) is 1.37. The molecule has 1 aromatic rings. The van der Waals surface area contributed by atoms with Crippen molar-refractivity contribution in [3.63, 3.8) is 0 Å². The number of hydrogen-bond acceptors (Lipinski definition) is 2. The van der Waals surface area contributed by atoms with Gasteiger partial charge in [-0.3, -0.25) is 0 Å². The molecule has 2 N–H and O–H groups in total. The molecule has 2 nitrogen and oxygen atoms in total. The molecular weight excluding hydrogens is 234 g/mol. The molecule has 1 aliphatic carbocycles. The van der Waals surface area contributed by atoms with Crippen molar-refractivity contribution >= 4 is 0 Å². The molecule has 0 aromatic heterocycles. The third-order valence-corrected chi connectivity index (χ3v) is 4.50. The Morgan fingerprint density at radius 2 is 1.95 bits per heavy atom. The van der Waals surface area contributed by atoms with E-state index in [1.807, 2.05) is 0 Å². The highest BCUT2D eigenvalue weighted by atomic mass is 16.3. The lowest BCUT2D eigenvalue weighted by molar-refractivity contribution is 0.231. The highest BCUT2D eigenvalue weighted by Crippen LogP contribution is 2.36. The second-order valence-electron chi connectivity index (χ2n) is 5.97. The number of hydrogen-bond donors (Lipinski definition) is 2. The van der Waals surface area contributed by atoms with Crippen molar-refractivity contribution in [3.05, 3.63) is 35.4 Å². The Bertz CT molecular complexity index is 367. The zero-order valence-corrected chi connectivity index (χ0v) is 12.2. The Morgan fingerprint density at radius 3 is 2.53 bits per heavy atom. The number of nitrogens with one attached hydrogen (secondary N) is 1. The van der Waals surface area contributed by atoms with Crippen molar-refractivity contribution in [2.75, 3.05) is 13.2 Å². The van der Waals surface area contributed by atoms with E-state index in [-0.39, 0.29) is 0 Å². The van der Waals surface area contributed by atoms with Crippen LogP contribution in [0.15, 0.2) is 24.3 Å². The van der Waals surface area contributed by atoms with Gasteiger partial charge in [0, 0.05) is 12.6 Å². The summed E-state index contributed by atoms with van der Waals surface area (Å²) in [5, 5.41) is 12.6. The van der Waals surface area contributed by atoms with E-state index in [1.54, 1.807) is 0 Å². The maximum absolute atomic E-state index is 8.99. The van der Waals surface area contributed by atoms with Crippen LogP contribution in [-0.2, 0) is 0 Å². The first kappa shape index (κ1) is 14.5. The molecule has 1 atom stereocenters. The molecule has 1 unspecified atom stereocenters. The van der Waals surface area contributed by atoms with Crippen molar-refractivity contribution in [3.8, 4) is 0 Å². The third kappa shape index (κ3) is 4.05. The Hall–Kier alpha value is -0.860. The van der Waals surface area contributed by atoms with Gasteiger partial charge in [0.1, 0.15) is 0 Å². The van der Waals surface area contributed by atoms with Gasteiger partial charge in [0.15, 0.2) is 0 Å². The molecule has 2 rings (SSSR count). The van der Waals surface area contributed by atoms with Crippen molar-refractivity contribution in [1.29, 1.82) is 0 Å². The molecule has 0 heterocycles. The fourth-order valence-corrected chi connectivity index (χ4v) is 2.86. The smallest absolute Gasteiger partial charge is 0.0434 e. The minimum absolute atomic E-state index is 0.316. The summed E-state index contributed by atoms with van der Waals surface area (Å²) in [6.07, 6.45) is 4.61. The molecule has 0 aliphatic heterocycles. The first-order valence-corrected chi connectivity index (χ1v) is 7.63. The number of aliphatic hydroxyl groups is 1. The molecule has 0 saturated heterocycles.